The fourth-order valence-corrected chi connectivity index (χ4v) is 6.17. The summed E-state index contributed by atoms with van der Waals surface area (Å²) in [5.41, 5.74) is 3.32. The number of aromatic nitrogens is 2. The summed E-state index contributed by atoms with van der Waals surface area (Å²) in [5.74, 6) is 1.23. The molecule has 9 heteroatoms. The van der Waals surface area contributed by atoms with Crippen LogP contribution in [-0.4, -0.2) is 45.6 Å². The number of allylic oxidation sites excluding steroid dienone is 1. The van der Waals surface area contributed by atoms with E-state index in [0.717, 1.165) is 36.0 Å². The third kappa shape index (κ3) is 3.27. The van der Waals surface area contributed by atoms with Crippen LogP contribution in [0.4, 0.5) is 5.95 Å². The van der Waals surface area contributed by atoms with E-state index in [-0.39, 0.29) is 28.9 Å². The highest BCUT2D eigenvalue weighted by Gasteiger charge is 2.69. The molecule has 7 rings (SSSR count). The number of nitriles is 2. The van der Waals surface area contributed by atoms with Gasteiger partial charge in [0.15, 0.2) is 0 Å². The maximum atomic E-state index is 13.5. The monoisotopic (exact) mass is 482 g/mol. The fourth-order valence-electron chi connectivity index (χ4n) is 6.17. The van der Waals surface area contributed by atoms with Gasteiger partial charge in [-0.15, -0.1) is 0 Å². The summed E-state index contributed by atoms with van der Waals surface area (Å²) in [5, 5.41) is 21.7. The molecule has 0 spiro atoms. The molecule has 5 aliphatic rings. The molecule has 9 nitrogen and oxygen atoms in total. The van der Waals surface area contributed by atoms with Gasteiger partial charge in [-0.05, 0) is 74.9 Å². The van der Waals surface area contributed by atoms with E-state index in [1.807, 2.05) is 43.9 Å². The van der Waals surface area contributed by atoms with Crippen molar-refractivity contribution in [2.45, 2.75) is 57.7 Å². The van der Waals surface area contributed by atoms with Gasteiger partial charge >= 0.3 is 0 Å². The van der Waals surface area contributed by atoms with E-state index in [4.69, 9.17) is 19.7 Å². The van der Waals surface area contributed by atoms with E-state index in [0.29, 0.717) is 42.0 Å². The van der Waals surface area contributed by atoms with Crippen LogP contribution in [-0.2, 0) is 4.74 Å². The summed E-state index contributed by atoms with van der Waals surface area (Å²) in [4.78, 5) is 24.7. The summed E-state index contributed by atoms with van der Waals surface area (Å²) in [6.45, 7) is 6.88. The van der Waals surface area contributed by atoms with Crippen LogP contribution in [0.25, 0.3) is 6.08 Å². The number of hydrogen-bond acceptors (Lipinski definition) is 8. The molecule has 1 amide bonds. The Kier molecular flexibility index (Phi) is 4.86. The number of hydrogen-bond donors (Lipinski definition) is 1. The van der Waals surface area contributed by atoms with E-state index in [1.165, 1.54) is 6.08 Å². The number of amides is 1. The van der Waals surface area contributed by atoms with Crippen LogP contribution in [0.5, 0.6) is 11.6 Å². The van der Waals surface area contributed by atoms with E-state index in [9.17, 15) is 10.1 Å². The number of nitrogens with one attached hydrogen (secondary N) is 1. The van der Waals surface area contributed by atoms with E-state index >= 15 is 0 Å². The van der Waals surface area contributed by atoms with Crippen LogP contribution in [0.2, 0.25) is 0 Å². The lowest BCUT2D eigenvalue weighted by Crippen LogP contribution is -2.70. The number of rotatable bonds is 6. The largest absolute Gasteiger partial charge is 0.438 e. The molecular formula is C27H26N6O3. The van der Waals surface area contributed by atoms with Gasteiger partial charge in [0.2, 0.25) is 11.8 Å². The summed E-state index contributed by atoms with van der Waals surface area (Å²) in [6.07, 6.45) is 5.49. The van der Waals surface area contributed by atoms with Crippen molar-refractivity contribution in [1.82, 2.24) is 14.9 Å². The molecule has 2 aromatic rings. The average Bonchev–Trinajstić information content (AvgIpc) is 3.00. The van der Waals surface area contributed by atoms with Crippen molar-refractivity contribution in [3.63, 3.8) is 0 Å². The van der Waals surface area contributed by atoms with Gasteiger partial charge in [-0.2, -0.15) is 15.5 Å². The van der Waals surface area contributed by atoms with Gasteiger partial charge in [0.1, 0.15) is 11.4 Å². The van der Waals surface area contributed by atoms with E-state index in [2.05, 4.69) is 16.4 Å². The Morgan fingerprint density at radius 3 is 2.47 bits per heavy atom. The first-order chi connectivity index (χ1) is 17.3. The Labute approximate surface area is 209 Å². The van der Waals surface area contributed by atoms with Gasteiger partial charge in [-0.25, -0.2) is 4.98 Å². The molecule has 1 aromatic heterocycles. The Hall–Kier alpha value is -3.95. The number of carbonyl (C=O) groups is 1. The lowest BCUT2D eigenvalue weighted by Gasteiger charge is -2.66. The molecule has 182 valence electrons. The molecule has 2 bridgehead atoms. The zero-order valence-corrected chi connectivity index (χ0v) is 20.5. The molecule has 1 atom stereocenters. The van der Waals surface area contributed by atoms with E-state index in [1.54, 1.807) is 6.08 Å². The highest BCUT2D eigenvalue weighted by atomic mass is 16.5. The number of benzene rings is 1. The normalized spacial score (nSPS) is 28.0. The Morgan fingerprint density at radius 1 is 1.19 bits per heavy atom. The Bertz CT molecular complexity index is 1370. The predicted octanol–water partition coefficient (Wildman–Crippen LogP) is 4.20. The molecule has 4 fully saturated rings. The minimum absolute atomic E-state index is 0.00809. The molecule has 2 aliphatic heterocycles. The summed E-state index contributed by atoms with van der Waals surface area (Å²) < 4.78 is 11.8. The Balaban J connectivity index is 1.38. The minimum Gasteiger partial charge on any atom is -0.438 e. The Morgan fingerprint density at radius 2 is 1.89 bits per heavy atom. The maximum Gasteiger partial charge on any atom is 0.274 e. The van der Waals surface area contributed by atoms with Crippen LogP contribution in [0.1, 0.15) is 65.0 Å². The van der Waals surface area contributed by atoms with Crippen molar-refractivity contribution in [1.29, 1.82) is 10.5 Å². The van der Waals surface area contributed by atoms with Crippen molar-refractivity contribution in [3.8, 4) is 23.8 Å². The van der Waals surface area contributed by atoms with Gasteiger partial charge < -0.3 is 19.7 Å². The first-order valence-electron chi connectivity index (χ1n) is 12.1. The number of aryl methyl sites for hydroxylation is 2. The number of ether oxygens (including phenoxy) is 2. The summed E-state index contributed by atoms with van der Waals surface area (Å²) in [7, 11) is 0. The smallest absolute Gasteiger partial charge is 0.274 e. The van der Waals surface area contributed by atoms with Gasteiger partial charge in [-0.3, -0.25) is 4.79 Å². The second-order valence-electron chi connectivity index (χ2n) is 10.6. The average molecular weight is 483 g/mol. The molecule has 1 unspecified atom stereocenters. The molecule has 36 heavy (non-hydrogen) atoms. The zero-order valence-electron chi connectivity index (χ0n) is 20.5. The van der Waals surface area contributed by atoms with Gasteiger partial charge in [-0.1, -0.05) is 0 Å². The zero-order chi connectivity index (χ0) is 25.2. The quantitative estimate of drug-likeness (QED) is 0.608. The van der Waals surface area contributed by atoms with Crippen molar-refractivity contribution in [2.24, 2.45) is 5.41 Å². The first kappa shape index (κ1) is 22.5. The highest BCUT2D eigenvalue weighted by Crippen LogP contribution is 2.67. The molecule has 1 aromatic carbocycles. The van der Waals surface area contributed by atoms with Crippen molar-refractivity contribution >= 4 is 17.9 Å². The molecule has 1 N–H and O–H groups in total. The number of carbonyl (C=O) groups excluding carboxylic acids is 1. The highest BCUT2D eigenvalue weighted by molar-refractivity contribution is 5.98. The first-order valence-corrected chi connectivity index (χ1v) is 12.1. The molecule has 3 saturated carbocycles. The summed E-state index contributed by atoms with van der Waals surface area (Å²) in [6, 6.07) is 8.09. The molecule has 0 radical (unpaired) electrons. The van der Waals surface area contributed by atoms with Gasteiger partial charge in [0, 0.05) is 11.6 Å². The fraction of sp³-hybridized carbons (Fsp3) is 0.444. The maximum absolute atomic E-state index is 13.5. The molecule has 3 heterocycles. The van der Waals surface area contributed by atoms with Crippen LogP contribution >= 0.6 is 0 Å². The number of fused-ring (bicyclic) bond motifs is 1. The number of anilines is 1. The number of nitrogens with zero attached hydrogens (tertiary/aromatic N) is 5. The van der Waals surface area contributed by atoms with Crippen molar-refractivity contribution < 1.29 is 14.3 Å². The minimum atomic E-state index is -0.249. The van der Waals surface area contributed by atoms with Crippen molar-refractivity contribution in [3.05, 3.63) is 46.2 Å². The molecular weight excluding hydrogens is 456 g/mol. The third-order valence-corrected chi connectivity index (χ3v) is 7.87. The van der Waals surface area contributed by atoms with Crippen LogP contribution in [0, 0.1) is 41.9 Å². The van der Waals surface area contributed by atoms with Crippen LogP contribution in [0.3, 0.4) is 0 Å². The van der Waals surface area contributed by atoms with E-state index < -0.39 is 0 Å². The van der Waals surface area contributed by atoms with Crippen molar-refractivity contribution in [2.75, 3.05) is 18.5 Å². The lowest BCUT2D eigenvalue weighted by atomic mass is 9.40. The van der Waals surface area contributed by atoms with Crippen LogP contribution < -0.4 is 10.1 Å². The van der Waals surface area contributed by atoms with Crippen LogP contribution in [0.15, 0.2) is 18.2 Å². The third-order valence-electron chi connectivity index (χ3n) is 7.87. The molecule has 1 saturated heterocycles. The summed E-state index contributed by atoms with van der Waals surface area (Å²) >= 11 is 0. The topological polar surface area (TPSA) is 124 Å². The van der Waals surface area contributed by atoms with Gasteiger partial charge in [0.25, 0.3) is 5.91 Å². The SMILES string of the molecule is Cc1cc(/C=C/C#N)cc(C)c1Oc1nc(NC23CC(C#N)(C2)C3)nc2c1C(C)N(C1COC1)C2=O. The van der Waals surface area contributed by atoms with Gasteiger partial charge in [0.05, 0.1) is 48.4 Å². The standard InChI is InChI=1S/C27H26N6O3/c1-15-7-18(5-4-6-28)8-16(2)22(15)36-23-20-17(3)33(19-9-35-10-19)24(34)21(20)30-25(31-23)32-27-11-26(12-27,13-27)14-29/h4-5,7-8,17,19H,9-13H2,1-3H3,(H,30,31,32)/b5-4+. The predicted molar refractivity (Wildman–Crippen MR) is 130 cm³/mol. The molecule has 3 aliphatic carbocycles. The second kappa shape index (κ2) is 7.78. The second-order valence-corrected chi connectivity index (χ2v) is 10.6. The lowest BCUT2D eigenvalue weighted by molar-refractivity contribution is -0.0665.